The van der Waals surface area contributed by atoms with E-state index >= 15 is 0 Å². The lowest BCUT2D eigenvalue weighted by atomic mass is 10.2. The third-order valence-corrected chi connectivity index (χ3v) is 4.57. The van der Waals surface area contributed by atoms with Crippen LogP contribution in [0.5, 0.6) is 0 Å². The summed E-state index contributed by atoms with van der Waals surface area (Å²) in [4.78, 5) is 0.0749. The van der Waals surface area contributed by atoms with Gasteiger partial charge in [0.1, 0.15) is 4.90 Å². The van der Waals surface area contributed by atoms with Gasteiger partial charge in [0.2, 0.25) is 10.0 Å². The summed E-state index contributed by atoms with van der Waals surface area (Å²) in [5, 5.41) is 0.183. The number of sulfonamides is 1. The van der Waals surface area contributed by atoms with Crippen molar-refractivity contribution >= 4 is 21.6 Å². The molecular formula is C13H21ClN2O3S. The number of benzene rings is 1. The molecule has 0 aliphatic carbocycles. The van der Waals surface area contributed by atoms with Gasteiger partial charge in [-0.2, -0.15) is 0 Å². The van der Waals surface area contributed by atoms with Gasteiger partial charge in [0.25, 0.3) is 0 Å². The minimum absolute atomic E-state index is 0.0749. The molecule has 0 heterocycles. The summed E-state index contributed by atoms with van der Waals surface area (Å²) in [5.74, 6) is 0. The molecule has 0 aliphatic heterocycles. The molecule has 0 saturated carbocycles. The van der Waals surface area contributed by atoms with E-state index in [2.05, 4.69) is 4.72 Å². The van der Waals surface area contributed by atoms with Crippen molar-refractivity contribution in [3.8, 4) is 0 Å². The zero-order chi connectivity index (χ0) is 15.0. The maximum Gasteiger partial charge on any atom is 0.242 e. The van der Waals surface area contributed by atoms with Crippen LogP contribution >= 0.6 is 11.6 Å². The van der Waals surface area contributed by atoms with Gasteiger partial charge >= 0.3 is 0 Å². The van der Waals surface area contributed by atoms with Crippen molar-refractivity contribution in [3.05, 3.63) is 28.8 Å². The number of halogens is 1. The number of nitrogens with one attached hydrogen (secondary N) is 1. The van der Waals surface area contributed by atoms with Crippen molar-refractivity contribution in [1.82, 2.24) is 4.72 Å². The minimum Gasteiger partial charge on any atom is -0.381 e. The molecule has 0 aliphatic rings. The smallest absolute Gasteiger partial charge is 0.242 e. The van der Waals surface area contributed by atoms with Gasteiger partial charge in [-0.25, -0.2) is 13.1 Å². The molecule has 0 unspecified atom stereocenters. The average molecular weight is 321 g/mol. The Kier molecular flexibility index (Phi) is 7.47. The maximum absolute atomic E-state index is 12.1. The molecule has 0 spiro atoms. The molecule has 1 rings (SSSR count). The second kappa shape index (κ2) is 8.59. The molecule has 0 saturated heterocycles. The van der Waals surface area contributed by atoms with E-state index in [4.69, 9.17) is 22.1 Å². The van der Waals surface area contributed by atoms with Crippen molar-refractivity contribution in [2.75, 3.05) is 19.8 Å². The molecule has 0 fully saturated rings. The minimum atomic E-state index is -3.59. The molecular weight excluding hydrogens is 300 g/mol. The van der Waals surface area contributed by atoms with Crippen LogP contribution in [0.15, 0.2) is 23.1 Å². The number of hydrogen-bond donors (Lipinski definition) is 2. The van der Waals surface area contributed by atoms with E-state index in [1.54, 1.807) is 12.1 Å². The summed E-state index contributed by atoms with van der Waals surface area (Å²) < 4.78 is 31.9. The van der Waals surface area contributed by atoms with Gasteiger partial charge < -0.3 is 10.5 Å². The largest absolute Gasteiger partial charge is 0.381 e. The van der Waals surface area contributed by atoms with E-state index in [9.17, 15) is 8.42 Å². The second-order valence-corrected chi connectivity index (χ2v) is 6.48. The molecule has 0 radical (unpaired) electrons. The number of ether oxygens (including phenoxy) is 1. The van der Waals surface area contributed by atoms with Crippen LogP contribution in [0.4, 0.5) is 0 Å². The Morgan fingerprint density at radius 3 is 2.70 bits per heavy atom. The van der Waals surface area contributed by atoms with Crippen LogP contribution in [0, 0.1) is 0 Å². The van der Waals surface area contributed by atoms with Gasteiger partial charge in [-0.1, -0.05) is 24.6 Å². The Morgan fingerprint density at radius 1 is 1.35 bits per heavy atom. The summed E-state index contributed by atoms with van der Waals surface area (Å²) in [6, 6.07) is 4.70. The van der Waals surface area contributed by atoms with Crippen LogP contribution < -0.4 is 10.5 Å². The summed E-state index contributed by atoms with van der Waals surface area (Å²) in [7, 11) is -3.59. The Balaban J connectivity index is 2.56. The molecule has 1 aromatic carbocycles. The predicted molar refractivity (Wildman–Crippen MR) is 80.3 cm³/mol. The highest BCUT2D eigenvalue weighted by Gasteiger charge is 2.17. The Bertz CT molecular complexity index is 520. The molecule has 0 amide bonds. The summed E-state index contributed by atoms with van der Waals surface area (Å²) in [6.45, 7) is 3.90. The van der Waals surface area contributed by atoms with Crippen LogP contribution in [-0.2, 0) is 21.3 Å². The van der Waals surface area contributed by atoms with Crippen molar-refractivity contribution in [3.63, 3.8) is 0 Å². The lowest BCUT2D eigenvalue weighted by molar-refractivity contribution is 0.133. The normalized spacial score (nSPS) is 11.8. The van der Waals surface area contributed by atoms with Crippen molar-refractivity contribution in [2.24, 2.45) is 5.73 Å². The van der Waals surface area contributed by atoms with E-state index in [1.807, 2.05) is 6.92 Å². The fourth-order valence-corrected chi connectivity index (χ4v) is 3.23. The zero-order valence-electron chi connectivity index (χ0n) is 11.6. The number of hydrogen-bond acceptors (Lipinski definition) is 4. The molecule has 114 valence electrons. The highest BCUT2D eigenvalue weighted by Crippen LogP contribution is 2.22. The average Bonchev–Trinajstić information content (AvgIpc) is 2.42. The molecule has 0 aromatic heterocycles. The molecule has 5 nitrogen and oxygen atoms in total. The lowest BCUT2D eigenvalue weighted by Crippen LogP contribution is -2.26. The molecule has 20 heavy (non-hydrogen) atoms. The highest BCUT2D eigenvalue weighted by molar-refractivity contribution is 7.89. The number of rotatable bonds is 9. The van der Waals surface area contributed by atoms with Crippen LogP contribution in [0.2, 0.25) is 5.02 Å². The third-order valence-electron chi connectivity index (χ3n) is 2.63. The SMILES string of the molecule is CCCOCCCNS(=O)(=O)c1ccc(CN)cc1Cl. The first-order valence-electron chi connectivity index (χ1n) is 6.57. The fourth-order valence-electron chi connectivity index (χ4n) is 1.59. The van der Waals surface area contributed by atoms with Gasteiger partial charge in [-0.05, 0) is 30.5 Å². The highest BCUT2D eigenvalue weighted by atomic mass is 35.5. The fraction of sp³-hybridized carbons (Fsp3) is 0.538. The van der Waals surface area contributed by atoms with Crippen LogP contribution in [0.3, 0.4) is 0 Å². The molecule has 1 aromatic rings. The first-order valence-corrected chi connectivity index (χ1v) is 8.43. The van der Waals surface area contributed by atoms with Gasteiger partial charge in [-0.15, -0.1) is 0 Å². The second-order valence-electron chi connectivity index (χ2n) is 4.33. The van der Waals surface area contributed by atoms with Crippen LogP contribution in [-0.4, -0.2) is 28.2 Å². The predicted octanol–water partition coefficient (Wildman–Crippen LogP) is 1.89. The molecule has 7 heteroatoms. The first-order chi connectivity index (χ1) is 9.51. The number of nitrogens with two attached hydrogens (primary N) is 1. The Morgan fingerprint density at radius 2 is 2.10 bits per heavy atom. The van der Waals surface area contributed by atoms with Crippen molar-refractivity contribution < 1.29 is 13.2 Å². The van der Waals surface area contributed by atoms with Crippen molar-refractivity contribution in [2.45, 2.75) is 31.2 Å². The third kappa shape index (κ3) is 5.38. The standard InChI is InChI=1S/C13H21ClN2O3S/c1-2-7-19-8-3-6-16-20(17,18)13-5-4-11(10-15)9-12(13)14/h4-5,9,16H,2-3,6-8,10,15H2,1H3. The quantitative estimate of drug-likeness (QED) is 0.681. The Hall–Kier alpha value is -0.660. The lowest BCUT2D eigenvalue weighted by Gasteiger charge is -2.09. The van der Waals surface area contributed by atoms with E-state index in [1.165, 1.54) is 6.07 Å². The summed E-state index contributed by atoms with van der Waals surface area (Å²) in [6.07, 6.45) is 1.58. The molecule has 0 bridgehead atoms. The van der Waals surface area contributed by atoms with E-state index < -0.39 is 10.0 Å². The van der Waals surface area contributed by atoms with Crippen LogP contribution in [0.1, 0.15) is 25.3 Å². The van der Waals surface area contributed by atoms with E-state index in [0.717, 1.165) is 12.0 Å². The van der Waals surface area contributed by atoms with Gasteiger partial charge in [0.05, 0.1) is 5.02 Å². The van der Waals surface area contributed by atoms with Gasteiger partial charge in [0.15, 0.2) is 0 Å². The first kappa shape index (κ1) is 17.4. The maximum atomic E-state index is 12.1. The zero-order valence-corrected chi connectivity index (χ0v) is 13.1. The van der Waals surface area contributed by atoms with E-state index in [0.29, 0.717) is 32.7 Å². The van der Waals surface area contributed by atoms with Gasteiger partial charge in [-0.3, -0.25) is 0 Å². The Labute approximate surface area is 125 Å². The monoisotopic (exact) mass is 320 g/mol. The summed E-state index contributed by atoms with van der Waals surface area (Å²) in [5.41, 5.74) is 6.27. The van der Waals surface area contributed by atoms with Crippen LogP contribution in [0.25, 0.3) is 0 Å². The topological polar surface area (TPSA) is 81.4 Å². The van der Waals surface area contributed by atoms with Gasteiger partial charge in [0, 0.05) is 26.3 Å². The molecule has 0 atom stereocenters. The molecule has 3 N–H and O–H groups in total. The van der Waals surface area contributed by atoms with Crippen molar-refractivity contribution in [1.29, 1.82) is 0 Å². The van der Waals surface area contributed by atoms with E-state index in [-0.39, 0.29) is 9.92 Å². The summed E-state index contributed by atoms with van der Waals surface area (Å²) >= 11 is 5.97.